The molecule has 0 heterocycles. The van der Waals surface area contributed by atoms with Crippen LogP contribution in [0.4, 0.5) is 0 Å². The third-order valence-electron chi connectivity index (χ3n) is 6.79. The molecule has 212 valence electrons. The molecule has 2 aliphatic rings. The van der Waals surface area contributed by atoms with E-state index in [4.69, 9.17) is 9.47 Å². The molecule has 11 heteroatoms. The van der Waals surface area contributed by atoms with Gasteiger partial charge in [-0.3, -0.25) is 4.79 Å². The van der Waals surface area contributed by atoms with Gasteiger partial charge in [-0.15, -0.1) is 0 Å². The van der Waals surface area contributed by atoms with Crippen molar-refractivity contribution in [1.82, 2.24) is 5.32 Å². The van der Waals surface area contributed by atoms with Gasteiger partial charge in [0.05, 0.1) is 6.10 Å². The number of nitrogens with one attached hydrogen (secondary N) is 1. The zero-order chi connectivity index (χ0) is 29.0. The van der Waals surface area contributed by atoms with Crippen LogP contribution >= 0.6 is 0 Å². The van der Waals surface area contributed by atoms with E-state index in [2.05, 4.69) is 5.32 Å². The van der Waals surface area contributed by atoms with Crippen molar-refractivity contribution in [3.05, 3.63) is 65.2 Å². The summed E-state index contributed by atoms with van der Waals surface area (Å²) in [5.41, 5.74) is -0.407. The van der Waals surface area contributed by atoms with Crippen LogP contribution in [0.5, 0.6) is 17.2 Å². The van der Waals surface area contributed by atoms with Gasteiger partial charge in [-0.25, -0.2) is 9.59 Å². The molecule has 0 aliphatic heterocycles. The van der Waals surface area contributed by atoms with Crippen LogP contribution in [0.2, 0.25) is 0 Å². The van der Waals surface area contributed by atoms with Crippen molar-refractivity contribution in [2.75, 3.05) is 0 Å². The number of esters is 2. The first kappa shape index (κ1) is 28.7. The van der Waals surface area contributed by atoms with E-state index in [0.717, 1.165) is 25.0 Å². The number of hydrogen-bond acceptors (Lipinski definition) is 10. The van der Waals surface area contributed by atoms with Crippen LogP contribution in [-0.4, -0.2) is 73.3 Å². The molecule has 0 spiro atoms. The fourth-order valence-corrected chi connectivity index (χ4v) is 4.32. The summed E-state index contributed by atoms with van der Waals surface area (Å²) >= 11 is 0. The summed E-state index contributed by atoms with van der Waals surface area (Å²) in [7, 11) is 0. The number of carbonyl (C=O) groups excluding carboxylic acids is 3. The highest BCUT2D eigenvalue weighted by atomic mass is 16.6. The van der Waals surface area contributed by atoms with Gasteiger partial charge in [0, 0.05) is 31.0 Å². The first-order valence-electron chi connectivity index (χ1n) is 12.7. The summed E-state index contributed by atoms with van der Waals surface area (Å²) < 4.78 is 10.9. The van der Waals surface area contributed by atoms with Gasteiger partial charge in [0.1, 0.15) is 18.0 Å². The molecular weight excluding hydrogens is 522 g/mol. The fraction of sp³-hybridized carbons (Fsp3) is 0.345. The molecule has 0 aromatic heterocycles. The van der Waals surface area contributed by atoms with Gasteiger partial charge in [-0.1, -0.05) is 18.2 Å². The number of phenolic OH excluding ortho intramolecular Hbond substituents is 3. The molecule has 2 aliphatic carbocycles. The normalized spacial score (nSPS) is 24.6. The molecular formula is C29H31NO10. The number of rotatable bonds is 8. The third kappa shape index (κ3) is 6.99. The maximum Gasteiger partial charge on any atom is 0.331 e. The van der Waals surface area contributed by atoms with E-state index in [9.17, 15) is 39.9 Å². The highest BCUT2D eigenvalue weighted by Gasteiger charge is 2.54. The third-order valence-corrected chi connectivity index (χ3v) is 6.79. The Morgan fingerprint density at radius 1 is 0.875 bits per heavy atom. The quantitative estimate of drug-likeness (QED) is 0.160. The van der Waals surface area contributed by atoms with Gasteiger partial charge in [-0.2, -0.15) is 0 Å². The molecule has 6 N–H and O–H groups in total. The van der Waals surface area contributed by atoms with Crippen LogP contribution in [0.15, 0.2) is 48.6 Å². The van der Waals surface area contributed by atoms with Crippen LogP contribution in [0.1, 0.15) is 42.4 Å². The summed E-state index contributed by atoms with van der Waals surface area (Å²) in [6.45, 7) is 1.72. The highest BCUT2D eigenvalue weighted by molar-refractivity contribution is 5.93. The van der Waals surface area contributed by atoms with Crippen molar-refractivity contribution < 1.29 is 49.4 Å². The Balaban J connectivity index is 1.51. The van der Waals surface area contributed by atoms with Crippen molar-refractivity contribution in [1.29, 1.82) is 0 Å². The summed E-state index contributed by atoms with van der Waals surface area (Å²) in [4.78, 5) is 38.6. The monoisotopic (exact) mass is 553 g/mol. The second-order valence-electron chi connectivity index (χ2n) is 10.1. The van der Waals surface area contributed by atoms with E-state index in [1.807, 2.05) is 0 Å². The van der Waals surface area contributed by atoms with Gasteiger partial charge < -0.3 is 40.3 Å². The Morgan fingerprint density at radius 3 is 2.12 bits per heavy atom. The van der Waals surface area contributed by atoms with E-state index in [0.29, 0.717) is 16.7 Å². The minimum Gasteiger partial charge on any atom is -0.508 e. The molecule has 40 heavy (non-hydrogen) atoms. The molecule has 4 atom stereocenters. The van der Waals surface area contributed by atoms with Crippen LogP contribution in [-0.2, 0) is 23.9 Å². The van der Waals surface area contributed by atoms with E-state index in [1.54, 1.807) is 19.1 Å². The highest BCUT2D eigenvalue weighted by Crippen LogP contribution is 2.36. The number of hydrogen-bond donors (Lipinski definition) is 6. The van der Waals surface area contributed by atoms with Crippen LogP contribution in [0.3, 0.4) is 0 Å². The van der Waals surface area contributed by atoms with E-state index < -0.39 is 60.3 Å². The van der Waals surface area contributed by atoms with Crippen molar-refractivity contribution in [3.8, 4) is 17.2 Å². The lowest BCUT2D eigenvalue weighted by Crippen LogP contribution is -2.61. The Morgan fingerprint density at radius 2 is 1.50 bits per heavy atom. The molecule has 2 saturated carbocycles. The van der Waals surface area contributed by atoms with Gasteiger partial charge in [0.2, 0.25) is 0 Å². The van der Waals surface area contributed by atoms with Crippen LogP contribution < -0.4 is 5.32 Å². The number of amides is 1. The topological polar surface area (TPSA) is 183 Å². The Hall–Kier alpha value is -4.35. The maximum atomic E-state index is 13.3. The van der Waals surface area contributed by atoms with Crippen molar-refractivity contribution in [3.63, 3.8) is 0 Å². The van der Waals surface area contributed by atoms with Gasteiger partial charge in [0.15, 0.2) is 17.1 Å². The Bertz CT molecular complexity index is 1350. The fourth-order valence-electron chi connectivity index (χ4n) is 4.32. The van der Waals surface area contributed by atoms with E-state index in [1.165, 1.54) is 36.4 Å². The largest absolute Gasteiger partial charge is 0.508 e. The first-order chi connectivity index (χ1) is 19.0. The minimum absolute atomic E-state index is 0.0471. The predicted molar refractivity (Wildman–Crippen MR) is 142 cm³/mol. The zero-order valence-electron chi connectivity index (χ0n) is 21.7. The smallest absolute Gasteiger partial charge is 0.331 e. The lowest BCUT2D eigenvalue weighted by atomic mass is 9.78. The molecule has 2 fully saturated rings. The van der Waals surface area contributed by atoms with Gasteiger partial charge >= 0.3 is 11.9 Å². The number of phenols is 3. The van der Waals surface area contributed by atoms with Gasteiger partial charge in [0.25, 0.3) is 5.91 Å². The molecule has 0 unspecified atom stereocenters. The molecule has 0 saturated heterocycles. The summed E-state index contributed by atoms with van der Waals surface area (Å²) in [6.07, 6.45) is 0.931. The standard InChI is InChI=1S/C29H31NO10/c1-16-2-3-17(12-21(16)32)5-10-25(35)39-24-15-29(14-23(34)27(24)37,28(38)30-19-7-8-19)40-26(36)11-6-18-4-9-20(31)22(33)13-18/h2-6,9-13,19,23-24,27,31-34,37H,7-8,14-15H2,1H3,(H,30,38)/b10-5+,11-6+/t23-,24-,27-,29+/m1/s1. The lowest BCUT2D eigenvalue weighted by Gasteiger charge is -2.42. The summed E-state index contributed by atoms with van der Waals surface area (Å²) in [5, 5.41) is 52.9. The number of aliphatic hydroxyl groups is 2. The predicted octanol–water partition coefficient (Wildman–Crippen LogP) is 1.83. The van der Waals surface area contributed by atoms with Crippen molar-refractivity contribution >= 4 is 30.0 Å². The van der Waals surface area contributed by atoms with Crippen LogP contribution in [0, 0.1) is 6.92 Å². The lowest BCUT2D eigenvalue weighted by molar-refractivity contribution is -0.198. The zero-order valence-corrected chi connectivity index (χ0v) is 21.7. The Labute approximate surface area is 230 Å². The maximum absolute atomic E-state index is 13.3. The van der Waals surface area contributed by atoms with E-state index in [-0.39, 0.29) is 17.5 Å². The average Bonchev–Trinajstić information content (AvgIpc) is 3.72. The minimum atomic E-state index is -1.95. The number of ether oxygens (including phenoxy) is 2. The molecule has 11 nitrogen and oxygen atoms in total. The number of carbonyl (C=O) groups is 3. The second kappa shape index (κ2) is 11.8. The molecule has 1 amide bonds. The number of aliphatic hydroxyl groups excluding tert-OH is 2. The second-order valence-corrected chi connectivity index (χ2v) is 10.1. The average molecular weight is 554 g/mol. The molecule has 4 rings (SSSR count). The number of benzene rings is 2. The first-order valence-corrected chi connectivity index (χ1v) is 12.7. The van der Waals surface area contributed by atoms with Crippen LogP contribution in [0.25, 0.3) is 12.2 Å². The summed E-state index contributed by atoms with van der Waals surface area (Å²) in [6, 6.07) is 8.58. The number of aromatic hydroxyl groups is 3. The van der Waals surface area contributed by atoms with Crippen molar-refractivity contribution in [2.45, 2.75) is 62.6 Å². The molecule has 0 bridgehead atoms. The molecule has 2 aromatic rings. The number of aryl methyl sites for hydroxylation is 1. The summed E-state index contributed by atoms with van der Waals surface area (Å²) in [5.74, 6) is -3.20. The molecule has 0 radical (unpaired) electrons. The van der Waals surface area contributed by atoms with E-state index >= 15 is 0 Å². The Kier molecular flexibility index (Phi) is 8.46. The SMILES string of the molecule is Cc1ccc(/C=C/C(=O)O[C@@H]2C[C@](OC(=O)/C=C/c3ccc(O)c(O)c3)(C(=O)NC3CC3)C[C@@H](O)[C@H]2O)cc1O. The van der Waals surface area contributed by atoms with Gasteiger partial charge in [-0.05, 0) is 66.8 Å². The van der Waals surface area contributed by atoms with Crippen molar-refractivity contribution in [2.24, 2.45) is 0 Å². The molecule has 2 aromatic carbocycles.